The van der Waals surface area contributed by atoms with Crippen LogP contribution in [0.2, 0.25) is 0 Å². The van der Waals surface area contributed by atoms with Gasteiger partial charge in [0.05, 0.1) is 6.26 Å². The van der Waals surface area contributed by atoms with E-state index in [0.717, 1.165) is 6.42 Å². The van der Waals surface area contributed by atoms with Crippen LogP contribution in [0.1, 0.15) is 180 Å². The van der Waals surface area contributed by atoms with Crippen LogP contribution in [0, 0.1) is 0 Å². The van der Waals surface area contributed by atoms with Crippen LogP contribution in [0.5, 0.6) is 0 Å². The minimum atomic E-state index is -2.30. The van der Waals surface area contributed by atoms with Crippen molar-refractivity contribution in [3.8, 4) is 0 Å². The Hall–Kier alpha value is -0.270. The van der Waals surface area contributed by atoms with E-state index in [1.54, 1.807) is 0 Å². The fourth-order valence-corrected chi connectivity index (χ4v) is 5.10. The highest BCUT2D eigenvalue weighted by atomic mass is 31.1. The summed E-state index contributed by atoms with van der Waals surface area (Å²) in [5.41, 5.74) is 0. The maximum Gasteiger partial charge on any atom is 0.366 e. The number of hydrogen-bond acceptors (Lipinski definition) is 3. The lowest BCUT2D eigenvalue weighted by atomic mass is 10.0. The number of hydrogen-bond donors (Lipinski definition) is 0. The second-order valence-electron chi connectivity index (χ2n) is 10.6. The van der Waals surface area contributed by atoms with Gasteiger partial charge in [-0.2, -0.15) is 0 Å². The normalized spacial score (nSPS) is 12.5. The van der Waals surface area contributed by atoms with Crippen molar-refractivity contribution in [3.63, 3.8) is 0 Å². The molecule has 1 atom stereocenters. The lowest BCUT2D eigenvalue weighted by molar-refractivity contribution is 0.326. The average Bonchev–Trinajstić information content (AvgIpc) is 2.87. The molecule has 210 valence electrons. The van der Waals surface area contributed by atoms with E-state index in [9.17, 15) is 4.57 Å². The molecule has 0 aliphatic heterocycles. The number of rotatable bonds is 30. The summed E-state index contributed by atoms with van der Waals surface area (Å²) in [5.74, 6) is 0. The van der Waals surface area contributed by atoms with Crippen molar-refractivity contribution < 1.29 is 13.6 Å². The van der Waals surface area contributed by atoms with E-state index in [2.05, 4.69) is 11.4 Å². The smallest absolute Gasteiger partial charge is 0.366 e. The van der Waals surface area contributed by atoms with Crippen molar-refractivity contribution in [3.05, 3.63) is 12.3 Å². The van der Waals surface area contributed by atoms with Crippen molar-refractivity contribution in [2.24, 2.45) is 0 Å². The first kappa shape index (κ1) is 34.7. The number of unbranched alkanes of at least 4 members (excludes halogenated alkanes) is 26. The zero-order valence-corrected chi connectivity index (χ0v) is 25.0. The second kappa shape index (κ2) is 31.8. The molecule has 0 N–H and O–H groups in total. The summed E-state index contributed by atoms with van der Waals surface area (Å²) < 4.78 is 20.4. The minimum absolute atomic E-state index is 0.998. The molecule has 0 heterocycles. The van der Waals surface area contributed by atoms with Crippen molar-refractivity contribution in [2.45, 2.75) is 180 Å². The largest absolute Gasteiger partial charge is 0.435 e. The van der Waals surface area contributed by atoms with Gasteiger partial charge in [-0.15, -0.1) is 0 Å². The SMILES string of the molecule is CCCCCCCCCCCCCCCCCCCCCCCCCCCCC=CO[PH](=O)OC. The Kier molecular flexibility index (Phi) is 31.5. The Morgan fingerprint density at radius 1 is 0.486 bits per heavy atom. The molecular weight excluding hydrogens is 451 g/mol. The predicted octanol–water partition coefficient (Wildman–Crippen LogP) is 12.1. The topological polar surface area (TPSA) is 35.5 Å². The summed E-state index contributed by atoms with van der Waals surface area (Å²) in [4.78, 5) is 0. The lowest BCUT2D eigenvalue weighted by Gasteiger charge is -2.04. The Labute approximate surface area is 221 Å². The van der Waals surface area contributed by atoms with Crippen LogP contribution >= 0.6 is 8.25 Å². The first-order valence-corrected chi connectivity index (χ1v) is 16.9. The Morgan fingerprint density at radius 3 is 1.06 bits per heavy atom. The molecule has 0 saturated carbocycles. The van der Waals surface area contributed by atoms with Crippen LogP contribution in [0.4, 0.5) is 0 Å². The van der Waals surface area contributed by atoms with Crippen LogP contribution in [0.3, 0.4) is 0 Å². The molecule has 0 bridgehead atoms. The molecule has 0 spiro atoms. The molecule has 0 saturated heterocycles. The van der Waals surface area contributed by atoms with Crippen LogP contribution in [0.25, 0.3) is 0 Å². The minimum Gasteiger partial charge on any atom is -0.435 e. The standard InChI is InChI=1S/C31H63O3P/c1-3-4-5-6-7-8-9-10-11-12-13-14-15-16-17-18-19-20-21-22-23-24-25-26-27-28-29-30-31-34-35(32)33-2/h30-31,35H,3-29H2,1-2H3. The molecule has 0 aliphatic carbocycles. The summed E-state index contributed by atoms with van der Waals surface area (Å²) in [7, 11) is -0.895. The van der Waals surface area contributed by atoms with Gasteiger partial charge in [0.15, 0.2) is 0 Å². The van der Waals surface area contributed by atoms with Gasteiger partial charge in [0.1, 0.15) is 0 Å². The second-order valence-corrected chi connectivity index (χ2v) is 11.7. The van der Waals surface area contributed by atoms with Gasteiger partial charge in [-0.1, -0.05) is 167 Å². The third kappa shape index (κ3) is 31.7. The Morgan fingerprint density at radius 2 is 0.771 bits per heavy atom. The van der Waals surface area contributed by atoms with E-state index in [1.165, 1.54) is 180 Å². The molecule has 1 unspecified atom stereocenters. The number of allylic oxidation sites excluding steroid dienone is 1. The van der Waals surface area contributed by atoms with Crippen molar-refractivity contribution in [1.29, 1.82) is 0 Å². The maximum atomic E-state index is 11.0. The van der Waals surface area contributed by atoms with Gasteiger partial charge in [-0.25, -0.2) is 4.57 Å². The van der Waals surface area contributed by atoms with Gasteiger partial charge in [0, 0.05) is 7.11 Å². The first-order chi connectivity index (χ1) is 17.3. The third-order valence-electron chi connectivity index (χ3n) is 7.15. The fraction of sp³-hybridized carbons (Fsp3) is 0.935. The zero-order chi connectivity index (χ0) is 25.5. The lowest BCUT2D eigenvalue weighted by Crippen LogP contribution is -1.84. The van der Waals surface area contributed by atoms with Gasteiger partial charge < -0.3 is 9.05 Å². The molecule has 0 rings (SSSR count). The highest BCUT2D eigenvalue weighted by Gasteiger charge is 1.96. The summed E-state index contributed by atoms with van der Waals surface area (Å²) in [6.45, 7) is 2.30. The molecule has 0 aliphatic rings. The van der Waals surface area contributed by atoms with Crippen LogP contribution in [-0.2, 0) is 13.6 Å². The molecule has 0 amide bonds. The van der Waals surface area contributed by atoms with E-state index in [1.807, 2.05) is 6.08 Å². The average molecular weight is 515 g/mol. The van der Waals surface area contributed by atoms with E-state index in [4.69, 9.17) is 4.52 Å². The van der Waals surface area contributed by atoms with Crippen molar-refractivity contribution in [2.75, 3.05) is 7.11 Å². The molecule has 35 heavy (non-hydrogen) atoms. The van der Waals surface area contributed by atoms with Crippen LogP contribution in [0.15, 0.2) is 12.3 Å². The summed E-state index contributed by atoms with van der Waals surface area (Å²) >= 11 is 0. The summed E-state index contributed by atoms with van der Waals surface area (Å²) in [6, 6.07) is 0. The quantitative estimate of drug-likeness (QED) is 0.0543. The Bertz CT molecular complexity index is 439. The molecule has 4 heteroatoms. The van der Waals surface area contributed by atoms with E-state index in [-0.39, 0.29) is 0 Å². The highest BCUT2D eigenvalue weighted by Crippen LogP contribution is 2.22. The van der Waals surface area contributed by atoms with E-state index in [0.29, 0.717) is 0 Å². The van der Waals surface area contributed by atoms with Gasteiger partial charge >= 0.3 is 8.25 Å². The van der Waals surface area contributed by atoms with Crippen LogP contribution < -0.4 is 0 Å². The fourth-order valence-electron chi connectivity index (χ4n) is 4.80. The van der Waals surface area contributed by atoms with Crippen molar-refractivity contribution in [1.82, 2.24) is 0 Å². The van der Waals surface area contributed by atoms with Gasteiger partial charge in [0.2, 0.25) is 0 Å². The van der Waals surface area contributed by atoms with Gasteiger partial charge in [-0.05, 0) is 18.9 Å². The molecule has 0 fully saturated rings. The molecule has 3 nitrogen and oxygen atoms in total. The molecule has 0 aromatic carbocycles. The molecule has 0 aromatic heterocycles. The van der Waals surface area contributed by atoms with Gasteiger partial charge in [0.25, 0.3) is 0 Å². The first-order valence-electron chi connectivity index (χ1n) is 15.7. The third-order valence-corrected chi connectivity index (χ3v) is 7.81. The van der Waals surface area contributed by atoms with Crippen LogP contribution in [-0.4, -0.2) is 7.11 Å². The monoisotopic (exact) mass is 514 g/mol. The molecule has 0 aromatic rings. The molecule has 0 radical (unpaired) electrons. The van der Waals surface area contributed by atoms with E-state index >= 15 is 0 Å². The predicted molar refractivity (Wildman–Crippen MR) is 157 cm³/mol. The van der Waals surface area contributed by atoms with Crippen molar-refractivity contribution >= 4 is 8.25 Å². The summed E-state index contributed by atoms with van der Waals surface area (Å²) in [5, 5.41) is 0. The Balaban J connectivity index is 3.06. The summed E-state index contributed by atoms with van der Waals surface area (Å²) in [6.07, 6.45) is 41.6. The maximum absolute atomic E-state index is 11.0. The van der Waals surface area contributed by atoms with Gasteiger partial charge in [-0.3, -0.25) is 0 Å². The highest BCUT2D eigenvalue weighted by molar-refractivity contribution is 7.33. The zero-order valence-electron chi connectivity index (χ0n) is 24.0. The van der Waals surface area contributed by atoms with E-state index < -0.39 is 8.25 Å². The molecular formula is C31H63O3P.